The maximum atomic E-state index is 10.3. The zero-order valence-corrected chi connectivity index (χ0v) is 16.0. The van der Waals surface area contributed by atoms with E-state index in [1.807, 2.05) is 0 Å². The monoisotopic (exact) mass is 456 g/mol. The second kappa shape index (κ2) is 15.9. The Balaban J connectivity index is 0. The molecular weight excluding hydrogens is 439 g/mol. The van der Waals surface area contributed by atoms with Crippen molar-refractivity contribution in [3.05, 3.63) is 0 Å². The Morgan fingerprint density at radius 2 is 1.65 bits per heavy atom. The molecule has 2 unspecified atom stereocenters. The summed E-state index contributed by atoms with van der Waals surface area (Å²) in [6, 6.07) is 0. The zero-order chi connectivity index (χ0) is 16.0. The quantitative estimate of drug-likeness (QED) is 0.407. The Hall–Kier alpha value is 0.480. The maximum absolute atomic E-state index is 10.3. The number of alkyl halides is 4. The van der Waals surface area contributed by atoms with Crippen LogP contribution in [0.4, 0.5) is 0 Å². The van der Waals surface area contributed by atoms with Crippen molar-refractivity contribution in [1.82, 2.24) is 0 Å². The van der Waals surface area contributed by atoms with Crippen molar-refractivity contribution in [1.29, 1.82) is 0 Å². The molecule has 120 valence electrons. The molecule has 4 nitrogen and oxygen atoms in total. The van der Waals surface area contributed by atoms with Crippen LogP contribution in [0.15, 0.2) is 0 Å². The minimum Gasteiger partial charge on any atom is -0.481 e. The molecule has 0 aromatic rings. The largest absolute Gasteiger partial charge is 0.481 e. The van der Waals surface area contributed by atoms with Crippen molar-refractivity contribution < 1.29 is 19.4 Å². The predicted octanol–water partition coefficient (Wildman–Crippen LogP) is 4.53. The summed E-state index contributed by atoms with van der Waals surface area (Å²) in [5.41, 5.74) is 0. The van der Waals surface area contributed by atoms with Gasteiger partial charge in [-0.2, -0.15) is 0 Å². The van der Waals surface area contributed by atoms with Gasteiger partial charge in [-0.15, -0.1) is 23.2 Å². The predicted molar refractivity (Wildman–Crippen MR) is 89.4 cm³/mol. The van der Waals surface area contributed by atoms with Crippen molar-refractivity contribution in [2.24, 2.45) is 0 Å². The first-order valence-electron chi connectivity index (χ1n) is 6.12. The summed E-state index contributed by atoms with van der Waals surface area (Å²) in [5.74, 6) is 0.165. The van der Waals surface area contributed by atoms with Crippen LogP contribution in [0.1, 0.15) is 39.0 Å². The first-order chi connectivity index (χ1) is 9.33. The van der Waals surface area contributed by atoms with Crippen LogP contribution in [0.5, 0.6) is 0 Å². The number of aliphatic carboxylic acids is 1. The summed E-state index contributed by atoms with van der Waals surface area (Å²) in [6.07, 6.45) is 3.49. The van der Waals surface area contributed by atoms with Crippen molar-refractivity contribution in [3.63, 3.8) is 0 Å². The van der Waals surface area contributed by atoms with Gasteiger partial charge in [0.05, 0.1) is 6.42 Å². The first-order valence-corrected chi connectivity index (χ1v) is 9.02. The summed E-state index contributed by atoms with van der Waals surface area (Å²) >= 11 is 17.3. The average molecular weight is 459 g/mol. The molecule has 0 fully saturated rings. The van der Waals surface area contributed by atoms with Gasteiger partial charge in [0, 0.05) is 23.5 Å². The van der Waals surface area contributed by atoms with E-state index in [2.05, 4.69) is 31.9 Å². The minimum atomic E-state index is -0.767. The number of carboxylic acids is 1. The van der Waals surface area contributed by atoms with Crippen LogP contribution >= 0.6 is 55.1 Å². The third-order valence-electron chi connectivity index (χ3n) is 1.91. The maximum Gasteiger partial charge on any atom is 0.304 e. The lowest BCUT2D eigenvalue weighted by Gasteiger charge is -2.07. The fraction of sp³-hybridized carbons (Fsp3) is 0.833. The number of hydrogen-bond donors (Lipinski definition) is 1. The second-order valence-corrected chi connectivity index (χ2v) is 6.95. The molecule has 20 heavy (non-hydrogen) atoms. The number of carbonyl (C=O) groups is 2. The Morgan fingerprint density at radius 3 is 2.05 bits per heavy atom. The molecule has 0 aliphatic heterocycles. The molecule has 0 saturated carbocycles. The zero-order valence-electron chi connectivity index (χ0n) is 11.3. The number of halogens is 4. The Labute approximate surface area is 146 Å². The topological polar surface area (TPSA) is 63.6 Å². The third-order valence-corrected chi connectivity index (χ3v) is 3.87. The van der Waals surface area contributed by atoms with E-state index >= 15 is 0 Å². The minimum absolute atomic E-state index is 0.0729. The standard InChI is InChI=1S/2C6H10BrClO2/c1-5(9)10-6(7)3-2-4-8;7-5(2-1-3-8)4-6(9)10/h6H,2-4H2,1H3;5H,1-4H2,(H,9,10). The molecule has 2 atom stereocenters. The number of esters is 1. The SMILES string of the molecule is CC(=O)OC(Br)CCCCl.O=C(O)CC(Br)CCCCl. The van der Waals surface area contributed by atoms with E-state index in [-0.39, 0.29) is 22.2 Å². The molecule has 0 heterocycles. The van der Waals surface area contributed by atoms with Crippen LogP contribution in [0.3, 0.4) is 0 Å². The van der Waals surface area contributed by atoms with Gasteiger partial charge < -0.3 is 9.84 Å². The van der Waals surface area contributed by atoms with Gasteiger partial charge in [-0.3, -0.25) is 9.59 Å². The summed E-state index contributed by atoms with van der Waals surface area (Å²) in [7, 11) is 0. The van der Waals surface area contributed by atoms with E-state index in [1.54, 1.807) is 0 Å². The van der Waals surface area contributed by atoms with Gasteiger partial charge in [-0.05, 0) is 41.6 Å². The number of carboxylic acid groups (broad SMARTS) is 1. The Kier molecular flexibility index (Phi) is 18.0. The molecule has 0 aliphatic rings. The van der Waals surface area contributed by atoms with Crippen molar-refractivity contribution in [2.75, 3.05) is 11.8 Å². The van der Waals surface area contributed by atoms with Gasteiger partial charge in [-0.1, -0.05) is 15.9 Å². The van der Waals surface area contributed by atoms with Gasteiger partial charge >= 0.3 is 11.9 Å². The van der Waals surface area contributed by atoms with Crippen molar-refractivity contribution in [2.45, 2.75) is 48.9 Å². The van der Waals surface area contributed by atoms with Gasteiger partial charge in [0.1, 0.15) is 0 Å². The fourth-order valence-electron chi connectivity index (χ4n) is 1.07. The molecule has 0 rings (SSSR count). The highest BCUT2D eigenvalue weighted by Crippen LogP contribution is 2.12. The summed E-state index contributed by atoms with van der Waals surface area (Å²) in [4.78, 5) is 20.5. The number of carbonyl (C=O) groups excluding carboxylic acids is 1. The van der Waals surface area contributed by atoms with Gasteiger partial charge in [0.25, 0.3) is 0 Å². The summed E-state index contributed by atoms with van der Waals surface area (Å²) in [6.45, 7) is 1.38. The van der Waals surface area contributed by atoms with Gasteiger partial charge in [-0.25, -0.2) is 0 Å². The first kappa shape index (κ1) is 22.8. The molecule has 0 radical (unpaired) electrons. The van der Waals surface area contributed by atoms with E-state index < -0.39 is 5.97 Å². The molecule has 0 aromatic heterocycles. The van der Waals surface area contributed by atoms with E-state index in [1.165, 1.54) is 6.92 Å². The van der Waals surface area contributed by atoms with Crippen LogP contribution in [0.2, 0.25) is 0 Å². The molecule has 0 saturated heterocycles. The summed E-state index contributed by atoms with van der Waals surface area (Å²) < 4.78 is 4.77. The Bertz CT molecular complexity index is 242. The molecule has 0 aliphatic carbocycles. The summed E-state index contributed by atoms with van der Waals surface area (Å²) in [5, 5.41) is 8.14. The van der Waals surface area contributed by atoms with Crippen LogP contribution in [-0.4, -0.2) is 38.6 Å². The van der Waals surface area contributed by atoms with Crippen LogP contribution in [0, 0.1) is 0 Å². The lowest BCUT2D eigenvalue weighted by atomic mass is 10.2. The van der Waals surface area contributed by atoms with Crippen LogP contribution in [-0.2, 0) is 14.3 Å². The molecule has 8 heteroatoms. The normalized spacial score (nSPS) is 12.8. The second-order valence-electron chi connectivity index (χ2n) is 3.88. The van der Waals surface area contributed by atoms with E-state index in [9.17, 15) is 9.59 Å². The van der Waals surface area contributed by atoms with Gasteiger partial charge in [0.2, 0.25) is 0 Å². The fourth-order valence-corrected chi connectivity index (χ4v) is 2.56. The molecule has 1 N–H and O–H groups in total. The van der Waals surface area contributed by atoms with Gasteiger partial charge in [0.15, 0.2) is 5.01 Å². The van der Waals surface area contributed by atoms with Crippen molar-refractivity contribution >= 4 is 67.0 Å². The van der Waals surface area contributed by atoms with E-state index in [0.717, 1.165) is 25.7 Å². The molecule has 0 amide bonds. The van der Waals surface area contributed by atoms with Crippen molar-refractivity contribution in [3.8, 4) is 0 Å². The molecule has 0 spiro atoms. The third kappa shape index (κ3) is 20.8. The van der Waals surface area contributed by atoms with E-state index in [4.69, 9.17) is 33.0 Å². The lowest BCUT2D eigenvalue weighted by Crippen LogP contribution is -2.08. The Morgan fingerprint density at radius 1 is 1.15 bits per heavy atom. The number of hydrogen-bond acceptors (Lipinski definition) is 3. The highest BCUT2D eigenvalue weighted by atomic mass is 79.9. The van der Waals surface area contributed by atoms with E-state index in [0.29, 0.717) is 11.8 Å². The lowest BCUT2D eigenvalue weighted by molar-refractivity contribution is -0.142. The number of ether oxygens (including phenoxy) is 1. The average Bonchev–Trinajstić information content (AvgIpc) is 2.33. The smallest absolute Gasteiger partial charge is 0.304 e. The highest BCUT2D eigenvalue weighted by molar-refractivity contribution is 9.09. The molecule has 0 aromatic carbocycles. The van der Waals surface area contributed by atoms with Crippen LogP contribution < -0.4 is 0 Å². The highest BCUT2D eigenvalue weighted by Gasteiger charge is 2.07. The number of rotatable bonds is 9. The molecule has 0 bridgehead atoms. The van der Waals surface area contributed by atoms with Crippen LogP contribution in [0.25, 0.3) is 0 Å². The molecular formula is C12H20Br2Cl2O4.